The summed E-state index contributed by atoms with van der Waals surface area (Å²) in [7, 11) is -2.24. The van der Waals surface area contributed by atoms with Crippen molar-refractivity contribution in [1.82, 2.24) is 9.97 Å². The molecular formula is C17H17N3O3S2. The van der Waals surface area contributed by atoms with Crippen LogP contribution in [0.5, 0.6) is 5.75 Å². The third-order valence-electron chi connectivity index (χ3n) is 3.58. The highest BCUT2D eigenvalue weighted by atomic mass is 32.2. The van der Waals surface area contributed by atoms with E-state index in [0.29, 0.717) is 17.3 Å². The second kappa shape index (κ2) is 7.20. The molecule has 130 valence electrons. The van der Waals surface area contributed by atoms with E-state index >= 15 is 0 Å². The smallest absolute Gasteiger partial charge is 0.283 e. The van der Waals surface area contributed by atoms with Gasteiger partial charge in [-0.15, -0.1) is 11.3 Å². The molecule has 0 unspecified atom stereocenters. The molecule has 3 rings (SSSR count). The lowest BCUT2D eigenvalue weighted by molar-refractivity contribution is 0.414. The summed E-state index contributed by atoms with van der Waals surface area (Å²) in [5, 5.41) is 1.71. The Balaban J connectivity index is 2.00. The molecule has 0 atom stereocenters. The van der Waals surface area contributed by atoms with Crippen LogP contribution in [0.2, 0.25) is 0 Å². The number of pyridine rings is 1. The van der Waals surface area contributed by atoms with Gasteiger partial charge >= 0.3 is 0 Å². The summed E-state index contributed by atoms with van der Waals surface area (Å²) in [5.74, 6) is 1.09. The monoisotopic (exact) mass is 375 g/mol. The van der Waals surface area contributed by atoms with Gasteiger partial charge in [0.1, 0.15) is 5.75 Å². The van der Waals surface area contributed by atoms with E-state index in [1.807, 2.05) is 12.1 Å². The molecule has 0 radical (unpaired) electrons. The van der Waals surface area contributed by atoms with E-state index in [1.165, 1.54) is 21.7 Å². The van der Waals surface area contributed by atoms with Gasteiger partial charge in [-0.2, -0.15) is 8.42 Å². The third-order valence-corrected chi connectivity index (χ3v) is 5.80. The Labute approximate surface area is 150 Å². The van der Waals surface area contributed by atoms with E-state index < -0.39 is 10.0 Å². The normalized spacial score (nSPS) is 11.3. The standard InChI is InChI=1S/C17H17N3O3S2/c1-13-4-3-5-17(19-13)25(21,22)20(16-11-24-12-18-16)10-14-6-8-15(23-2)9-7-14/h3-9,11-12H,10H2,1-2H3. The van der Waals surface area contributed by atoms with E-state index in [9.17, 15) is 8.42 Å². The van der Waals surface area contributed by atoms with Gasteiger partial charge in [0.25, 0.3) is 10.0 Å². The van der Waals surface area contributed by atoms with Crippen LogP contribution in [0.4, 0.5) is 5.82 Å². The van der Waals surface area contributed by atoms with Crippen LogP contribution in [0.15, 0.2) is 58.4 Å². The van der Waals surface area contributed by atoms with Crippen LogP contribution in [0.1, 0.15) is 11.3 Å². The van der Waals surface area contributed by atoms with Crippen molar-refractivity contribution in [2.45, 2.75) is 18.5 Å². The molecule has 0 bridgehead atoms. The second-order valence-electron chi connectivity index (χ2n) is 5.32. The van der Waals surface area contributed by atoms with Crippen molar-refractivity contribution in [3.05, 3.63) is 64.6 Å². The van der Waals surface area contributed by atoms with Gasteiger partial charge in [-0.1, -0.05) is 18.2 Å². The number of aromatic nitrogens is 2. The average Bonchev–Trinajstić information content (AvgIpc) is 3.14. The minimum atomic E-state index is -3.83. The average molecular weight is 375 g/mol. The van der Waals surface area contributed by atoms with Crippen LogP contribution in [0.25, 0.3) is 0 Å². The van der Waals surface area contributed by atoms with Crippen LogP contribution in [0, 0.1) is 6.92 Å². The Morgan fingerprint density at radius 2 is 1.92 bits per heavy atom. The number of hydrogen-bond donors (Lipinski definition) is 0. The predicted octanol–water partition coefficient (Wildman–Crippen LogP) is 3.25. The maximum atomic E-state index is 13.1. The van der Waals surface area contributed by atoms with E-state index in [2.05, 4.69) is 9.97 Å². The third kappa shape index (κ3) is 3.80. The topological polar surface area (TPSA) is 72.4 Å². The number of sulfonamides is 1. The molecule has 0 aliphatic carbocycles. The molecule has 0 saturated carbocycles. The van der Waals surface area contributed by atoms with Crippen molar-refractivity contribution in [3.63, 3.8) is 0 Å². The fourth-order valence-corrected chi connectivity index (χ4v) is 4.30. The molecule has 0 aliphatic heterocycles. The van der Waals surface area contributed by atoms with E-state index in [1.54, 1.807) is 49.2 Å². The highest BCUT2D eigenvalue weighted by Crippen LogP contribution is 2.25. The number of rotatable bonds is 6. The molecule has 0 aliphatic rings. The Bertz CT molecular complexity index is 940. The minimum Gasteiger partial charge on any atom is -0.497 e. The number of benzene rings is 1. The number of methoxy groups -OCH3 is 1. The summed E-state index contributed by atoms with van der Waals surface area (Å²) in [6.45, 7) is 1.92. The molecule has 0 N–H and O–H groups in total. The van der Waals surface area contributed by atoms with Gasteiger partial charge in [-0.05, 0) is 36.8 Å². The quantitative estimate of drug-likeness (QED) is 0.661. The van der Waals surface area contributed by atoms with Crippen molar-refractivity contribution >= 4 is 27.2 Å². The summed E-state index contributed by atoms with van der Waals surface area (Å²) >= 11 is 1.34. The zero-order valence-corrected chi connectivity index (χ0v) is 15.4. The van der Waals surface area contributed by atoms with Gasteiger partial charge in [-0.25, -0.2) is 14.3 Å². The Morgan fingerprint density at radius 1 is 1.16 bits per heavy atom. The molecule has 0 saturated heterocycles. The number of thiazole rings is 1. The summed E-state index contributed by atoms with van der Waals surface area (Å²) < 4.78 is 32.6. The number of aryl methyl sites for hydroxylation is 1. The summed E-state index contributed by atoms with van der Waals surface area (Å²) in [5.41, 5.74) is 3.07. The molecule has 1 aromatic carbocycles. The van der Waals surface area contributed by atoms with Gasteiger partial charge in [0, 0.05) is 11.1 Å². The Hall–Kier alpha value is -2.45. The maximum Gasteiger partial charge on any atom is 0.283 e. The van der Waals surface area contributed by atoms with Crippen molar-refractivity contribution in [1.29, 1.82) is 0 Å². The minimum absolute atomic E-state index is 0.00834. The molecule has 8 heteroatoms. The highest BCUT2D eigenvalue weighted by Gasteiger charge is 2.28. The van der Waals surface area contributed by atoms with E-state index in [-0.39, 0.29) is 11.6 Å². The molecule has 6 nitrogen and oxygen atoms in total. The SMILES string of the molecule is COc1ccc(CN(c2cscn2)S(=O)(=O)c2cccc(C)n2)cc1. The Kier molecular flexibility index (Phi) is 5.00. The molecule has 2 heterocycles. The first-order valence-corrected chi connectivity index (χ1v) is 9.86. The molecule has 2 aromatic heterocycles. The first kappa shape index (κ1) is 17.4. The molecule has 0 spiro atoms. The lowest BCUT2D eigenvalue weighted by atomic mass is 10.2. The van der Waals surface area contributed by atoms with Gasteiger partial charge in [0.2, 0.25) is 0 Å². The van der Waals surface area contributed by atoms with Crippen LogP contribution in [0.3, 0.4) is 0 Å². The number of anilines is 1. The van der Waals surface area contributed by atoms with Crippen molar-refractivity contribution in [2.75, 3.05) is 11.4 Å². The first-order chi connectivity index (χ1) is 12.0. The molecular weight excluding hydrogens is 358 g/mol. The lowest BCUT2D eigenvalue weighted by Gasteiger charge is -2.22. The predicted molar refractivity (Wildman–Crippen MR) is 97.5 cm³/mol. The van der Waals surface area contributed by atoms with E-state index in [0.717, 1.165) is 5.56 Å². The summed E-state index contributed by atoms with van der Waals surface area (Å²) in [4.78, 5) is 8.34. The summed E-state index contributed by atoms with van der Waals surface area (Å²) in [6, 6.07) is 12.2. The van der Waals surface area contributed by atoms with Gasteiger partial charge in [0.05, 0.1) is 19.2 Å². The second-order valence-corrected chi connectivity index (χ2v) is 7.85. The molecule has 0 amide bonds. The largest absolute Gasteiger partial charge is 0.497 e. The van der Waals surface area contributed by atoms with Crippen molar-refractivity contribution < 1.29 is 13.2 Å². The fraction of sp³-hybridized carbons (Fsp3) is 0.176. The maximum absolute atomic E-state index is 13.1. The van der Waals surface area contributed by atoms with Crippen molar-refractivity contribution in [2.24, 2.45) is 0 Å². The Morgan fingerprint density at radius 3 is 2.52 bits per heavy atom. The van der Waals surface area contributed by atoms with Crippen LogP contribution >= 0.6 is 11.3 Å². The van der Waals surface area contributed by atoms with Crippen LogP contribution in [-0.2, 0) is 16.6 Å². The number of hydrogen-bond acceptors (Lipinski definition) is 6. The zero-order valence-electron chi connectivity index (χ0n) is 13.8. The molecule has 25 heavy (non-hydrogen) atoms. The lowest BCUT2D eigenvalue weighted by Crippen LogP contribution is -2.31. The summed E-state index contributed by atoms with van der Waals surface area (Å²) in [6.07, 6.45) is 0. The van der Waals surface area contributed by atoms with Crippen molar-refractivity contribution in [3.8, 4) is 5.75 Å². The van der Waals surface area contributed by atoms with Gasteiger partial charge < -0.3 is 4.74 Å². The van der Waals surface area contributed by atoms with Crippen LogP contribution in [-0.4, -0.2) is 25.5 Å². The number of nitrogens with zero attached hydrogens (tertiary/aromatic N) is 3. The highest BCUT2D eigenvalue weighted by molar-refractivity contribution is 7.92. The molecule has 3 aromatic rings. The van der Waals surface area contributed by atoms with Gasteiger partial charge in [0.15, 0.2) is 10.8 Å². The fourth-order valence-electron chi connectivity index (χ4n) is 2.29. The van der Waals surface area contributed by atoms with Gasteiger partial charge in [-0.3, -0.25) is 0 Å². The van der Waals surface area contributed by atoms with E-state index in [4.69, 9.17) is 4.74 Å². The number of ether oxygens (including phenoxy) is 1. The molecule has 0 fully saturated rings. The first-order valence-electron chi connectivity index (χ1n) is 7.48. The van der Waals surface area contributed by atoms with Crippen LogP contribution < -0.4 is 9.04 Å². The zero-order chi connectivity index (χ0) is 17.9.